The summed E-state index contributed by atoms with van der Waals surface area (Å²) >= 11 is 0. The molecule has 0 aliphatic carbocycles. The third kappa shape index (κ3) is 5.65. The Kier molecular flexibility index (Phi) is 7.89. The van der Waals surface area contributed by atoms with E-state index in [1.807, 2.05) is 12.1 Å². The molecule has 0 aliphatic heterocycles. The molecule has 0 unspecified atom stereocenters. The lowest BCUT2D eigenvalue weighted by molar-refractivity contribution is 0.669. The molecule has 0 spiro atoms. The maximum atomic E-state index is 6.27. The van der Waals surface area contributed by atoms with Gasteiger partial charge in [-0.25, -0.2) is 0 Å². The molecular formula is C58H37NO. The summed E-state index contributed by atoms with van der Waals surface area (Å²) in [6.45, 7) is 0. The molecule has 2 nitrogen and oxygen atoms in total. The van der Waals surface area contributed by atoms with Crippen LogP contribution in [-0.4, -0.2) is 0 Å². The van der Waals surface area contributed by atoms with E-state index in [2.05, 4.69) is 217 Å². The standard InChI is InChI=1S/C58H37NO/c1-4-16-47-40(12-1)15-11-22-51(47)55-35-44(34-42-13-2-6-18-49(42)55)39-26-31-46(32-27-39)59(56-36-43-14-3-5-17-48(43)50-19-7-8-20-52(50)56)45-29-24-38(25-30-45)41-28-33-54-53-21-9-10-23-57(53)60-58(54)37-41/h1-37H. The molecule has 0 saturated carbocycles. The molecule has 0 atom stereocenters. The van der Waals surface area contributed by atoms with Gasteiger partial charge >= 0.3 is 0 Å². The number of anilines is 3. The number of fused-ring (bicyclic) bond motifs is 8. The van der Waals surface area contributed by atoms with E-state index in [0.717, 1.165) is 50.1 Å². The largest absolute Gasteiger partial charge is 0.456 e. The second-order valence-electron chi connectivity index (χ2n) is 15.7. The maximum Gasteiger partial charge on any atom is 0.136 e. The Morgan fingerprint density at radius 2 is 0.783 bits per heavy atom. The predicted molar refractivity (Wildman–Crippen MR) is 255 cm³/mol. The van der Waals surface area contributed by atoms with Gasteiger partial charge in [0.05, 0.1) is 5.69 Å². The molecule has 2 heteroatoms. The molecular weight excluding hydrogens is 727 g/mol. The van der Waals surface area contributed by atoms with E-state index in [1.54, 1.807) is 0 Å². The van der Waals surface area contributed by atoms with E-state index in [4.69, 9.17) is 4.42 Å². The van der Waals surface area contributed by atoms with Crippen molar-refractivity contribution < 1.29 is 4.42 Å². The van der Waals surface area contributed by atoms with Gasteiger partial charge in [-0.05, 0) is 132 Å². The number of para-hydroxylation sites is 1. The highest BCUT2D eigenvalue weighted by molar-refractivity contribution is 6.15. The van der Waals surface area contributed by atoms with Crippen molar-refractivity contribution in [3.63, 3.8) is 0 Å². The van der Waals surface area contributed by atoms with Crippen molar-refractivity contribution >= 4 is 82.1 Å². The van der Waals surface area contributed by atoms with E-state index in [1.165, 1.54) is 65.3 Å². The van der Waals surface area contributed by atoms with Crippen molar-refractivity contribution in [3.05, 3.63) is 224 Å². The SMILES string of the molecule is c1ccc2c(-c3cc(-c4ccc(N(c5ccc(-c6ccc7c(c6)oc6ccccc67)cc5)c5cc6ccccc6c6ccccc56)cc4)cc4ccccc34)cccc2c1. The fourth-order valence-corrected chi connectivity index (χ4v) is 9.32. The van der Waals surface area contributed by atoms with Crippen LogP contribution in [0.1, 0.15) is 0 Å². The minimum Gasteiger partial charge on any atom is -0.456 e. The molecule has 0 amide bonds. The Morgan fingerprint density at radius 1 is 0.267 bits per heavy atom. The van der Waals surface area contributed by atoms with Crippen LogP contribution in [0.3, 0.4) is 0 Å². The van der Waals surface area contributed by atoms with E-state index >= 15 is 0 Å². The summed E-state index contributed by atoms with van der Waals surface area (Å²) in [5.74, 6) is 0. The molecule has 11 aromatic carbocycles. The van der Waals surface area contributed by atoms with Gasteiger partial charge in [0.15, 0.2) is 0 Å². The molecule has 12 aromatic rings. The average Bonchev–Trinajstić information content (AvgIpc) is 3.70. The Bertz CT molecular complexity index is 3590. The van der Waals surface area contributed by atoms with Crippen LogP contribution in [0.5, 0.6) is 0 Å². The number of rotatable bonds is 6. The van der Waals surface area contributed by atoms with Gasteiger partial charge in [-0.1, -0.05) is 164 Å². The van der Waals surface area contributed by atoms with Crippen molar-refractivity contribution in [2.24, 2.45) is 0 Å². The van der Waals surface area contributed by atoms with E-state index < -0.39 is 0 Å². The van der Waals surface area contributed by atoms with Crippen LogP contribution >= 0.6 is 0 Å². The van der Waals surface area contributed by atoms with Gasteiger partial charge in [0.2, 0.25) is 0 Å². The summed E-state index contributed by atoms with van der Waals surface area (Å²) in [4.78, 5) is 2.41. The zero-order chi connectivity index (χ0) is 39.6. The summed E-state index contributed by atoms with van der Waals surface area (Å²) in [5.41, 5.74) is 12.2. The quantitative estimate of drug-likeness (QED) is 0.157. The Hall–Kier alpha value is -7.94. The second-order valence-corrected chi connectivity index (χ2v) is 15.7. The van der Waals surface area contributed by atoms with Crippen molar-refractivity contribution in [2.75, 3.05) is 4.90 Å². The van der Waals surface area contributed by atoms with Gasteiger partial charge in [0.25, 0.3) is 0 Å². The summed E-state index contributed by atoms with van der Waals surface area (Å²) in [5, 5.41) is 12.2. The number of furan rings is 1. The smallest absolute Gasteiger partial charge is 0.136 e. The van der Waals surface area contributed by atoms with Gasteiger partial charge in [-0.2, -0.15) is 0 Å². The lowest BCUT2D eigenvalue weighted by atomic mass is 9.90. The molecule has 0 saturated heterocycles. The van der Waals surface area contributed by atoms with Crippen LogP contribution in [0, 0.1) is 0 Å². The number of nitrogens with zero attached hydrogens (tertiary/aromatic N) is 1. The number of benzene rings is 11. The predicted octanol–water partition coefficient (Wildman–Crippen LogP) is 16.7. The highest BCUT2D eigenvalue weighted by atomic mass is 16.3. The van der Waals surface area contributed by atoms with Crippen molar-refractivity contribution in [1.29, 1.82) is 0 Å². The van der Waals surface area contributed by atoms with Crippen molar-refractivity contribution in [2.45, 2.75) is 0 Å². The van der Waals surface area contributed by atoms with Crippen molar-refractivity contribution in [3.8, 4) is 33.4 Å². The van der Waals surface area contributed by atoms with Crippen LogP contribution in [0.2, 0.25) is 0 Å². The molecule has 0 radical (unpaired) electrons. The fourth-order valence-electron chi connectivity index (χ4n) is 9.32. The summed E-state index contributed by atoms with van der Waals surface area (Å²) in [6, 6.07) is 81.4. The third-order valence-electron chi connectivity index (χ3n) is 12.2. The molecule has 1 heterocycles. The normalized spacial score (nSPS) is 11.7. The maximum absolute atomic E-state index is 6.27. The van der Waals surface area contributed by atoms with Gasteiger partial charge in [-0.3, -0.25) is 0 Å². The first kappa shape index (κ1) is 34.1. The zero-order valence-corrected chi connectivity index (χ0v) is 32.7. The van der Waals surface area contributed by atoms with Crippen LogP contribution in [-0.2, 0) is 0 Å². The first-order valence-corrected chi connectivity index (χ1v) is 20.6. The number of hydrogen-bond donors (Lipinski definition) is 0. The second kappa shape index (κ2) is 13.9. The summed E-state index contributed by atoms with van der Waals surface area (Å²) < 4.78 is 6.27. The molecule has 60 heavy (non-hydrogen) atoms. The third-order valence-corrected chi connectivity index (χ3v) is 12.2. The van der Waals surface area contributed by atoms with E-state index in [-0.39, 0.29) is 0 Å². The highest BCUT2D eigenvalue weighted by Crippen LogP contribution is 2.44. The van der Waals surface area contributed by atoms with E-state index in [0.29, 0.717) is 0 Å². The van der Waals surface area contributed by atoms with Gasteiger partial charge in [0, 0.05) is 27.5 Å². The fraction of sp³-hybridized carbons (Fsp3) is 0. The molecule has 0 aliphatic rings. The molecule has 0 bridgehead atoms. The van der Waals surface area contributed by atoms with Crippen LogP contribution in [0.25, 0.3) is 98.4 Å². The minimum atomic E-state index is 0.901. The highest BCUT2D eigenvalue weighted by Gasteiger charge is 2.19. The van der Waals surface area contributed by atoms with Crippen LogP contribution in [0.15, 0.2) is 229 Å². The van der Waals surface area contributed by atoms with Gasteiger partial charge < -0.3 is 9.32 Å². The molecule has 0 fully saturated rings. The lowest BCUT2D eigenvalue weighted by Gasteiger charge is -2.28. The topological polar surface area (TPSA) is 16.4 Å². The molecule has 12 rings (SSSR count). The van der Waals surface area contributed by atoms with Crippen LogP contribution < -0.4 is 4.90 Å². The summed E-state index contributed by atoms with van der Waals surface area (Å²) in [6.07, 6.45) is 0. The lowest BCUT2D eigenvalue weighted by Crippen LogP contribution is -2.10. The summed E-state index contributed by atoms with van der Waals surface area (Å²) in [7, 11) is 0. The Balaban J connectivity index is 0.992. The van der Waals surface area contributed by atoms with Crippen LogP contribution in [0.4, 0.5) is 17.1 Å². The molecule has 1 aromatic heterocycles. The first-order chi connectivity index (χ1) is 29.7. The van der Waals surface area contributed by atoms with Crippen molar-refractivity contribution in [1.82, 2.24) is 0 Å². The number of hydrogen-bond acceptors (Lipinski definition) is 2. The average molecular weight is 764 g/mol. The van der Waals surface area contributed by atoms with Gasteiger partial charge in [-0.15, -0.1) is 0 Å². The first-order valence-electron chi connectivity index (χ1n) is 20.6. The molecule has 0 N–H and O–H groups in total. The minimum absolute atomic E-state index is 0.901. The Morgan fingerprint density at radius 3 is 1.52 bits per heavy atom. The van der Waals surface area contributed by atoms with Gasteiger partial charge in [0.1, 0.15) is 11.2 Å². The van der Waals surface area contributed by atoms with E-state index in [9.17, 15) is 0 Å². The molecule has 280 valence electrons. The monoisotopic (exact) mass is 763 g/mol. The zero-order valence-electron chi connectivity index (χ0n) is 32.7. The Labute approximate surface area is 347 Å².